The van der Waals surface area contributed by atoms with Crippen molar-refractivity contribution in [1.82, 2.24) is 5.32 Å². The number of amides is 2. The zero-order valence-electron chi connectivity index (χ0n) is 14.5. The zero-order valence-corrected chi connectivity index (χ0v) is 14.5. The van der Waals surface area contributed by atoms with E-state index in [1.807, 2.05) is 37.4 Å². The fourth-order valence-corrected chi connectivity index (χ4v) is 4.04. The van der Waals surface area contributed by atoms with Crippen LogP contribution in [0.1, 0.15) is 51.4 Å². The van der Waals surface area contributed by atoms with Gasteiger partial charge in [0, 0.05) is 30.6 Å². The second-order valence-electron chi connectivity index (χ2n) is 7.27. The molecule has 0 heterocycles. The van der Waals surface area contributed by atoms with Gasteiger partial charge in [-0.25, -0.2) is 0 Å². The van der Waals surface area contributed by atoms with E-state index in [0.717, 1.165) is 44.2 Å². The fourth-order valence-electron chi connectivity index (χ4n) is 4.04. The molecular formula is C20H28N2O2. The van der Waals surface area contributed by atoms with Gasteiger partial charge in [0.15, 0.2) is 0 Å². The van der Waals surface area contributed by atoms with E-state index in [1.54, 1.807) is 4.90 Å². The Morgan fingerprint density at radius 1 is 0.917 bits per heavy atom. The number of carbonyl (C=O) groups is 2. The molecule has 0 atom stereocenters. The van der Waals surface area contributed by atoms with E-state index in [0.29, 0.717) is 0 Å². The van der Waals surface area contributed by atoms with Crippen LogP contribution in [0, 0.1) is 11.8 Å². The van der Waals surface area contributed by atoms with Gasteiger partial charge in [0.2, 0.25) is 11.8 Å². The molecule has 0 radical (unpaired) electrons. The van der Waals surface area contributed by atoms with Crippen LogP contribution >= 0.6 is 0 Å². The summed E-state index contributed by atoms with van der Waals surface area (Å²) >= 11 is 0. The van der Waals surface area contributed by atoms with Gasteiger partial charge in [0.1, 0.15) is 0 Å². The van der Waals surface area contributed by atoms with E-state index >= 15 is 0 Å². The van der Waals surface area contributed by atoms with Crippen molar-refractivity contribution in [2.75, 3.05) is 11.9 Å². The van der Waals surface area contributed by atoms with Crippen molar-refractivity contribution in [3.8, 4) is 0 Å². The number of para-hydroxylation sites is 1. The molecule has 0 aromatic heterocycles. The van der Waals surface area contributed by atoms with Crippen molar-refractivity contribution < 1.29 is 9.59 Å². The first kappa shape index (κ1) is 17.0. The van der Waals surface area contributed by atoms with Gasteiger partial charge in [-0.3, -0.25) is 9.59 Å². The van der Waals surface area contributed by atoms with E-state index in [2.05, 4.69) is 5.32 Å². The highest BCUT2D eigenvalue weighted by Crippen LogP contribution is 2.29. The van der Waals surface area contributed by atoms with Crippen molar-refractivity contribution in [1.29, 1.82) is 0 Å². The number of rotatable bonds is 4. The maximum Gasteiger partial charge on any atom is 0.229 e. The average molecular weight is 328 g/mol. The first-order chi connectivity index (χ1) is 11.6. The van der Waals surface area contributed by atoms with Gasteiger partial charge in [-0.05, 0) is 50.7 Å². The Kier molecular flexibility index (Phi) is 5.54. The van der Waals surface area contributed by atoms with Gasteiger partial charge in [-0.15, -0.1) is 0 Å². The second-order valence-corrected chi connectivity index (χ2v) is 7.27. The minimum absolute atomic E-state index is 0.0786. The lowest BCUT2D eigenvalue weighted by Gasteiger charge is -2.31. The van der Waals surface area contributed by atoms with Gasteiger partial charge in [-0.1, -0.05) is 31.0 Å². The predicted octanol–water partition coefficient (Wildman–Crippen LogP) is 3.51. The zero-order chi connectivity index (χ0) is 16.9. The average Bonchev–Trinajstić information content (AvgIpc) is 3.17. The largest absolute Gasteiger partial charge is 0.353 e. The summed E-state index contributed by atoms with van der Waals surface area (Å²) in [7, 11) is 1.85. The van der Waals surface area contributed by atoms with Crippen LogP contribution in [0.15, 0.2) is 30.3 Å². The molecule has 2 saturated carbocycles. The summed E-state index contributed by atoms with van der Waals surface area (Å²) in [6, 6.07) is 10.0. The molecule has 2 aliphatic carbocycles. The van der Waals surface area contributed by atoms with E-state index < -0.39 is 0 Å². The van der Waals surface area contributed by atoms with Crippen LogP contribution in [0.2, 0.25) is 0 Å². The number of nitrogens with one attached hydrogen (secondary N) is 1. The molecule has 1 aromatic rings. The summed E-state index contributed by atoms with van der Waals surface area (Å²) < 4.78 is 0. The third-order valence-corrected chi connectivity index (χ3v) is 5.62. The Morgan fingerprint density at radius 3 is 2.17 bits per heavy atom. The van der Waals surface area contributed by atoms with Crippen molar-refractivity contribution >= 4 is 17.5 Å². The Bertz CT molecular complexity index is 558. The highest BCUT2D eigenvalue weighted by Gasteiger charge is 2.31. The smallest absolute Gasteiger partial charge is 0.229 e. The Morgan fingerprint density at radius 2 is 1.54 bits per heavy atom. The van der Waals surface area contributed by atoms with E-state index in [1.165, 1.54) is 12.8 Å². The van der Waals surface area contributed by atoms with Crippen LogP contribution in [0.4, 0.5) is 5.69 Å². The third-order valence-electron chi connectivity index (χ3n) is 5.62. The molecule has 3 rings (SSSR count). The first-order valence-corrected chi connectivity index (χ1v) is 9.28. The van der Waals surface area contributed by atoms with Gasteiger partial charge in [0.25, 0.3) is 0 Å². The molecule has 2 fully saturated rings. The van der Waals surface area contributed by atoms with Crippen molar-refractivity contribution in [2.45, 2.75) is 57.4 Å². The molecule has 4 nitrogen and oxygen atoms in total. The Balaban J connectivity index is 1.47. The molecule has 1 N–H and O–H groups in total. The molecule has 0 saturated heterocycles. The number of benzene rings is 1. The number of hydrogen-bond acceptors (Lipinski definition) is 2. The van der Waals surface area contributed by atoms with Gasteiger partial charge in [-0.2, -0.15) is 0 Å². The van der Waals surface area contributed by atoms with E-state index in [9.17, 15) is 9.59 Å². The lowest BCUT2D eigenvalue weighted by molar-refractivity contribution is -0.126. The summed E-state index contributed by atoms with van der Waals surface area (Å²) in [4.78, 5) is 26.7. The molecule has 24 heavy (non-hydrogen) atoms. The molecule has 0 bridgehead atoms. The van der Waals surface area contributed by atoms with Crippen LogP contribution in [0.5, 0.6) is 0 Å². The van der Waals surface area contributed by atoms with Crippen LogP contribution in [-0.2, 0) is 9.59 Å². The summed E-state index contributed by atoms with van der Waals surface area (Å²) in [6.45, 7) is 0. The maximum atomic E-state index is 12.7. The van der Waals surface area contributed by atoms with Crippen molar-refractivity contribution in [3.05, 3.63) is 30.3 Å². The van der Waals surface area contributed by atoms with Gasteiger partial charge in [0.05, 0.1) is 0 Å². The lowest BCUT2D eigenvalue weighted by atomic mass is 9.85. The molecule has 0 spiro atoms. The van der Waals surface area contributed by atoms with Crippen LogP contribution in [-0.4, -0.2) is 24.9 Å². The van der Waals surface area contributed by atoms with Crippen LogP contribution < -0.4 is 10.2 Å². The highest BCUT2D eigenvalue weighted by atomic mass is 16.2. The molecule has 1 aromatic carbocycles. The standard InChI is InChI=1S/C20H28N2O2/c1-22(18-9-3-2-4-10-18)20(24)16-11-13-17(14-12-16)21-19(23)15-7-5-6-8-15/h2-4,9-10,15-17H,5-8,11-14H2,1H3,(H,21,23). The first-order valence-electron chi connectivity index (χ1n) is 9.28. The lowest BCUT2D eigenvalue weighted by Crippen LogP contribution is -2.43. The summed E-state index contributed by atoms with van der Waals surface area (Å²) in [5.74, 6) is 0.744. The molecular weight excluding hydrogens is 300 g/mol. The molecule has 4 heteroatoms. The predicted molar refractivity (Wildman–Crippen MR) is 95.7 cm³/mol. The molecule has 0 unspecified atom stereocenters. The number of anilines is 1. The molecule has 130 valence electrons. The van der Waals surface area contributed by atoms with Crippen LogP contribution in [0.25, 0.3) is 0 Å². The minimum Gasteiger partial charge on any atom is -0.353 e. The second kappa shape index (κ2) is 7.82. The monoisotopic (exact) mass is 328 g/mol. The summed E-state index contributed by atoms with van der Waals surface area (Å²) in [6.07, 6.45) is 8.02. The Labute approximate surface area is 144 Å². The van der Waals surface area contributed by atoms with E-state index in [4.69, 9.17) is 0 Å². The SMILES string of the molecule is CN(C(=O)C1CCC(NC(=O)C2CCCC2)CC1)c1ccccc1. The normalized spacial score (nSPS) is 24.5. The Hall–Kier alpha value is -1.84. The van der Waals surface area contributed by atoms with Crippen molar-refractivity contribution in [3.63, 3.8) is 0 Å². The van der Waals surface area contributed by atoms with Crippen LogP contribution in [0.3, 0.4) is 0 Å². The summed E-state index contributed by atoms with van der Waals surface area (Å²) in [5.41, 5.74) is 0.944. The number of nitrogens with zero attached hydrogens (tertiary/aromatic N) is 1. The maximum absolute atomic E-state index is 12.7. The minimum atomic E-state index is 0.0786. The topological polar surface area (TPSA) is 49.4 Å². The molecule has 0 aliphatic heterocycles. The number of carbonyl (C=O) groups excluding carboxylic acids is 2. The van der Waals surface area contributed by atoms with Crippen molar-refractivity contribution in [2.24, 2.45) is 11.8 Å². The molecule has 2 amide bonds. The third kappa shape index (κ3) is 3.97. The quantitative estimate of drug-likeness (QED) is 0.919. The molecule has 2 aliphatic rings. The van der Waals surface area contributed by atoms with Gasteiger partial charge >= 0.3 is 0 Å². The summed E-state index contributed by atoms with van der Waals surface area (Å²) in [5, 5.41) is 3.22. The fraction of sp³-hybridized carbons (Fsp3) is 0.600. The highest BCUT2D eigenvalue weighted by molar-refractivity contribution is 5.94. The van der Waals surface area contributed by atoms with Gasteiger partial charge < -0.3 is 10.2 Å². The van der Waals surface area contributed by atoms with E-state index in [-0.39, 0.29) is 29.7 Å². The number of hydrogen-bond donors (Lipinski definition) is 1.